The van der Waals surface area contributed by atoms with Gasteiger partial charge in [-0.15, -0.1) is 0 Å². The summed E-state index contributed by atoms with van der Waals surface area (Å²) in [6, 6.07) is 13.6. The Morgan fingerprint density at radius 2 is 1.68 bits per heavy atom. The number of nitrogens with one attached hydrogen (secondary N) is 2. The molecular weight excluding hydrogens is 445 g/mol. The first kappa shape index (κ1) is 20.4. The average molecular weight is 457 g/mol. The van der Waals surface area contributed by atoms with Crippen molar-refractivity contribution in [2.24, 2.45) is 0 Å². The molecule has 28 heavy (non-hydrogen) atoms. The number of sulfonamides is 1. The lowest BCUT2D eigenvalue weighted by Gasteiger charge is -2.11. The normalized spacial score (nSPS) is 11.1. The molecule has 0 saturated carbocycles. The summed E-state index contributed by atoms with van der Waals surface area (Å²) in [7, 11) is -3.91. The lowest BCUT2D eigenvalue weighted by Crippen LogP contribution is -2.15. The second kappa shape index (κ2) is 8.36. The minimum Gasteiger partial charge on any atom is -0.322 e. The van der Waals surface area contributed by atoms with E-state index in [1.807, 2.05) is 0 Å². The van der Waals surface area contributed by atoms with Gasteiger partial charge in [-0.2, -0.15) is 0 Å². The first-order chi connectivity index (χ1) is 13.3. The third-order valence-corrected chi connectivity index (χ3v) is 5.96. The third-order valence-electron chi connectivity index (χ3n) is 3.58. The molecule has 0 spiro atoms. The lowest BCUT2D eigenvalue weighted by atomic mass is 10.2. The van der Waals surface area contributed by atoms with Crippen LogP contribution in [0.2, 0.25) is 15.2 Å². The second-order valence-corrected chi connectivity index (χ2v) is 8.42. The summed E-state index contributed by atoms with van der Waals surface area (Å²) in [5.41, 5.74) is 0.704. The monoisotopic (exact) mass is 455 g/mol. The number of nitrogens with zero attached hydrogens (tertiary/aromatic N) is 1. The van der Waals surface area contributed by atoms with Gasteiger partial charge in [-0.05, 0) is 36.4 Å². The molecule has 6 nitrogen and oxygen atoms in total. The van der Waals surface area contributed by atoms with Crippen LogP contribution in [0.1, 0.15) is 10.4 Å². The summed E-state index contributed by atoms with van der Waals surface area (Å²) in [5.74, 6) is -0.514. The summed E-state index contributed by atoms with van der Waals surface area (Å²) < 4.78 is 27.7. The Morgan fingerprint density at radius 3 is 2.39 bits per heavy atom. The average Bonchev–Trinajstić information content (AvgIpc) is 2.66. The SMILES string of the molecule is O=C(Nc1cccc(S(=O)(=O)Nc2ccccc2Cl)c1)c1cnc(Cl)c(Cl)c1. The number of pyridine rings is 1. The molecule has 144 valence electrons. The van der Waals surface area contributed by atoms with Crippen LogP contribution in [0, 0.1) is 0 Å². The van der Waals surface area contributed by atoms with E-state index in [0.29, 0.717) is 0 Å². The highest BCUT2D eigenvalue weighted by Crippen LogP contribution is 2.25. The molecule has 3 aromatic rings. The number of rotatable bonds is 5. The van der Waals surface area contributed by atoms with Crippen molar-refractivity contribution >= 4 is 62.1 Å². The van der Waals surface area contributed by atoms with Gasteiger partial charge < -0.3 is 5.32 Å². The van der Waals surface area contributed by atoms with Crippen molar-refractivity contribution in [1.29, 1.82) is 0 Å². The molecule has 1 heterocycles. The predicted molar refractivity (Wildman–Crippen MR) is 111 cm³/mol. The van der Waals surface area contributed by atoms with Gasteiger partial charge in [0.25, 0.3) is 15.9 Å². The van der Waals surface area contributed by atoms with Crippen LogP contribution in [0.15, 0.2) is 65.7 Å². The smallest absolute Gasteiger partial charge is 0.262 e. The summed E-state index contributed by atoms with van der Waals surface area (Å²) in [4.78, 5) is 16.1. The predicted octanol–water partition coefficient (Wildman–Crippen LogP) is 5.09. The van der Waals surface area contributed by atoms with Gasteiger partial charge in [0.15, 0.2) is 0 Å². The molecule has 0 bridgehead atoms. The van der Waals surface area contributed by atoms with Crippen LogP contribution in [0.4, 0.5) is 11.4 Å². The zero-order valence-corrected chi connectivity index (χ0v) is 17.1. The Morgan fingerprint density at radius 1 is 0.929 bits per heavy atom. The van der Waals surface area contributed by atoms with Crippen LogP contribution in [0.5, 0.6) is 0 Å². The Hall–Kier alpha value is -2.32. The molecule has 3 rings (SSSR count). The molecule has 0 unspecified atom stereocenters. The van der Waals surface area contributed by atoms with Crippen LogP contribution >= 0.6 is 34.8 Å². The van der Waals surface area contributed by atoms with E-state index in [2.05, 4.69) is 15.0 Å². The van der Waals surface area contributed by atoms with Crippen LogP contribution in [0.25, 0.3) is 0 Å². The second-order valence-electron chi connectivity index (χ2n) is 5.56. The number of anilines is 2. The largest absolute Gasteiger partial charge is 0.322 e. The molecule has 0 fully saturated rings. The highest BCUT2D eigenvalue weighted by atomic mass is 35.5. The van der Waals surface area contributed by atoms with Gasteiger partial charge >= 0.3 is 0 Å². The summed E-state index contributed by atoms with van der Waals surface area (Å²) >= 11 is 17.6. The molecule has 2 aromatic carbocycles. The molecule has 1 amide bonds. The molecule has 0 saturated heterocycles. The quantitative estimate of drug-likeness (QED) is 0.523. The standard InChI is InChI=1S/C18H12Cl3N3O3S/c19-14-6-1-2-7-16(14)24-28(26,27)13-5-3-4-12(9-13)23-18(25)11-8-15(20)17(21)22-10-11/h1-10,24H,(H,23,25). The van der Waals surface area contributed by atoms with Gasteiger partial charge in [-0.3, -0.25) is 9.52 Å². The maximum atomic E-state index is 12.6. The first-order valence-corrected chi connectivity index (χ1v) is 10.4. The Labute approximate surface area is 176 Å². The number of hydrogen-bond donors (Lipinski definition) is 2. The number of aromatic nitrogens is 1. The van der Waals surface area contributed by atoms with E-state index >= 15 is 0 Å². The van der Waals surface area contributed by atoms with Gasteiger partial charge in [0.1, 0.15) is 5.15 Å². The Kier molecular flexibility index (Phi) is 6.10. The van der Waals surface area contributed by atoms with E-state index < -0.39 is 15.9 Å². The number of carbonyl (C=O) groups is 1. The minimum absolute atomic E-state index is 0.0440. The van der Waals surface area contributed by atoms with Gasteiger partial charge in [-0.1, -0.05) is 53.0 Å². The van der Waals surface area contributed by atoms with Crippen LogP contribution in [-0.2, 0) is 10.0 Å². The van der Waals surface area contributed by atoms with E-state index in [1.165, 1.54) is 30.5 Å². The number of hydrogen-bond acceptors (Lipinski definition) is 4. The molecule has 0 aliphatic rings. The number of halogens is 3. The van der Waals surface area contributed by atoms with E-state index in [1.54, 1.807) is 30.3 Å². The van der Waals surface area contributed by atoms with Gasteiger partial charge in [0.05, 0.1) is 26.2 Å². The van der Waals surface area contributed by atoms with Crippen LogP contribution < -0.4 is 10.0 Å². The Bertz CT molecular complexity index is 1150. The molecule has 1 aromatic heterocycles. The summed E-state index contributed by atoms with van der Waals surface area (Å²) in [6.45, 7) is 0. The maximum Gasteiger partial charge on any atom is 0.262 e. The lowest BCUT2D eigenvalue weighted by molar-refractivity contribution is 0.102. The zero-order chi connectivity index (χ0) is 20.3. The molecule has 2 N–H and O–H groups in total. The molecular formula is C18H12Cl3N3O3S. The van der Waals surface area contributed by atoms with Crippen LogP contribution in [-0.4, -0.2) is 19.3 Å². The fourth-order valence-electron chi connectivity index (χ4n) is 2.24. The Balaban J connectivity index is 1.82. The first-order valence-electron chi connectivity index (χ1n) is 7.76. The number of carbonyl (C=O) groups excluding carboxylic acids is 1. The van der Waals surface area contributed by atoms with E-state index in [4.69, 9.17) is 34.8 Å². The van der Waals surface area contributed by atoms with Crippen molar-refractivity contribution in [3.8, 4) is 0 Å². The fraction of sp³-hybridized carbons (Fsp3) is 0. The fourth-order valence-corrected chi connectivity index (χ4v) is 3.87. The molecule has 10 heteroatoms. The van der Waals surface area contributed by atoms with Gasteiger partial charge in [0, 0.05) is 11.9 Å². The van der Waals surface area contributed by atoms with E-state index in [-0.39, 0.29) is 37.0 Å². The molecule has 0 radical (unpaired) electrons. The maximum absolute atomic E-state index is 12.6. The highest BCUT2D eigenvalue weighted by Gasteiger charge is 2.17. The summed E-state index contributed by atoms with van der Waals surface area (Å²) in [5, 5.41) is 3.07. The topological polar surface area (TPSA) is 88.2 Å². The molecule has 0 atom stereocenters. The van der Waals surface area contributed by atoms with Gasteiger partial charge in [0.2, 0.25) is 0 Å². The molecule has 0 aliphatic carbocycles. The molecule has 0 aliphatic heterocycles. The van der Waals surface area contributed by atoms with Crippen molar-refractivity contribution in [3.05, 3.63) is 81.6 Å². The summed E-state index contributed by atoms with van der Waals surface area (Å²) in [6.07, 6.45) is 1.27. The van der Waals surface area contributed by atoms with Crippen molar-refractivity contribution < 1.29 is 13.2 Å². The number of benzene rings is 2. The zero-order valence-electron chi connectivity index (χ0n) is 14.0. The van der Waals surface area contributed by atoms with Crippen molar-refractivity contribution in [2.75, 3.05) is 10.0 Å². The van der Waals surface area contributed by atoms with E-state index in [9.17, 15) is 13.2 Å². The number of para-hydroxylation sites is 1. The minimum atomic E-state index is -3.91. The number of amides is 1. The van der Waals surface area contributed by atoms with Crippen molar-refractivity contribution in [3.63, 3.8) is 0 Å². The van der Waals surface area contributed by atoms with Crippen LogP contribution in [0.3, 0.4) is 0 Å². The third kappa shape index (κ3) is 4.74. The van der Waals surface area contributed by atoms with Gasteiger partial charge in [-0.25, -0.2) is 13.4 Å². The van der Waals surface area contributed by atoms with Crippen molar-refractivity contribution in [1.82, 2.24) is 4.98 Å². The van der Waals surface area contributed by atoms with Crippen molar-refractivity contribution in [2.45, 2.75) is 4.90 Å². The van der Waals surface area contributed by atoms with E-state index in [0.717, 1.165) is 0 Å². The highest BCUT2D eigenvalue weighted by molar-refractivity contribution is 7.92.